The molecular formula is C7H13ClO. The fourth-order valence-corrected chi connectivity index (χ4v) is 1.35. The van der Waals surface area contributed by atoms with Crippen molar-refractivity contribution in [3.63, 3.8) is 0 Å². The molecule has 0 bridgehead atoms. The highest BCUT2D eigenvalue weighted by Crippen LogP contribution is 2.13. The van der Waals surface area contributed by atoms with Gasteiger partial charge >= 0.3 is 0 Å². The zero-order valence-corrected chi connectivity index (χ0v) is 6.36. The Bertz CT molecular complexity index is 67.3. The highest BCUT2D eigenvalue weighted by molar-refractivity contribution is 6.18. The summed E-state index contributed by atoms with van der Waals surface area (Å²) in [5.74, 6) is 0.667. The van der Waals surface area contributed by atoms with Crippen molar-refractivity contribution in [2.24, 2.45) is 0 Å². The van der Waals surface area contributed by atoms with Gasteiger partial charge in [0.05, 0.1) is 6.10 Å². The van der Waals surface area contributed by atoms with Gasteiger partial charge in [-0.3, -0.25) is 0 Å². The second kappa shape index (κ2) is 4.13. The van der Waals surface area contributed by atoms with E-state index >= 15 is 0 Å². The molecule has 0 aliphatic carbocycles. The molecule has 0 radical (unpaired) electrons. The maximum absolute atomic E-state index is 5.63. The van der Waals surface area contributed by atoms with Crippen LogP contribution in [0.3, 0.4) is 0 Å². The van der Waals surface area contributed by atoms with Crippen molar-refractivity contribution < 1.29 is 4.74 Å². The molecule has 1 fully saturated rings. The molecule has 1 aliphatic heterocycles. The van der Waals surface area contributed by atoms with Crippen LogP contribution in [0, 0.1) is 0 Å². The van der Waals surface area contributed by atoms with E-state index in [0.29, 0.717) is 12.0 Å². The third-order valence-electron chi connectivity index (χ3n) is 1.70. The zero-order chi connectivity index (χ0) is 6.53. The number of rotatable bonds is 1. The smallest absolute Gasteiger partial charge is 0.0710 e. The van der Waals surface area contributed by atoms with Gasteiger partial charge in [-0.2, -0.15) is 0 Å². The second-order valence-corrected chi connectivity index (χ2v) is 2.81. The Morgan fingerprint density at radius 1 is 1.33 bits per heavy atom. The molecule has 1 nitrogen and oxygen atoms in total. The van der Waals surface area contributed by atoms with Crippen LogP contribution in [0.1, 0.15) is 25.7 Å². The van der Waals surface area contributed by atoms with E-state index in [2.05, 4.69) is 0 Å². The van der Waals surface area contributed by atoms with Gasteiger partial charge in [0.25, 0.3) is 0 Å². The van der Waals surface area contributed by atoms with Crippen LogP contribution in [0.25, 0.3) is 0 Å². The quantitative estimate of drug-likeness (QED) is 0.518. The second-order valence-electron chi connectivity index (χ2n) is 2.50. The van der Waals surface area contributed by atoms with Gasteiger partial charge < -0.3 is 4.74 Å². The highest BCUT2D eigenvalue weighted by atomic mass is 35.5. The van der Waals surface area contributed by atoms with Gasteiger partial charge in [-0.05, 0) is 12.8 Å². The number of hydrogen-bond acceptors (Lipinski definition) is 1. The van der Waals surface area contributed by atoms with E-state index in [1.165, 1.54) is 19.3 Å². The third kappa shape index (κ3) is 2.55. The number of halogens is 1. The Kier molecular flexibility index (Phi) is 3.37. The first-order chi connectivity index (χ1) is 4.43. The fourth-order valence-electron chi connectivity index (χ4n) is 1.11. The van der Waals surface area contributed by atoms with E-state index in [1.54, 1.807) is 0 Å². The first kappa shape index (κ1) is 7.36. The first-order valence-corrected chi connectivity index (χ1v) is 4.14. The van der Waals surface area contributed by atoms with Crippen LogP contribution in [-0.4, -0.2) is 18.6 Å². The van der Waals surface area contributed by atoms with Crippen LogP contribution in [-0.2, 0) is 4.74 Å². The van der Waals surface area contributed by atoms with Crippen LogP contribution in [0.5, 0.6) is 0 Å². The lowest BCUT2D eigenvalue weighted by atomic mass is 10.2. The monoisotopic (exact) mass is 148 g/mol. The summed E-state index contributed by atoms with van der Waals surface area (Å²) in [6, 6.07) is 0. The average molecular weight is 149 g/mol. The predicted molar refractivity (Wildman–Crippen MR) is 38.9 cm³/mol. The van der Waals surface area contributed by atoms with Gasteiger partial charge in [-0.15, -0.1) is 11.6 Å². The minimum absolute atomic E-state index is 0.342. The molecule has 2 heteroatoms. The molecule has 0 spiro atoms. The summed E-state index contributed by atoms with van der Waals surface area (Å²) >= 11 is 5.63. The molecule has 0 amide bonds. The lowest BCUT2D eigenvalue weighted by molar-refractivity contribution is 0.0745. The zero-order valence-electron chi connectivity index (χ0n) is 5.61. The standard InChI is InChI=1S/C7H13ClO/c8-6-7-4-2-1-3-5-9-7/h7H,1-6H2. The van der Waals surface area contributed by atoms with Gasteiger partial charge in [-0.25, -0.2) is 0 Å². The van der Waals surface area contributed by atoms with E-state index in [4.69, 9.17) is 16.3 Å². The molecule has 1 aliphatic rings. The molecule has 1 heterocycles. The van der Waals surface area contributed by atoms with Gasteiger partial charge in [0.1, 0.15) is 0 Å². The van der Waals surface area contributed by atoms with E-state index < -0.39 is 0 Å². The Hall–Kier alpha value is 0.250. The summed E-state index contributed by atoms with van der Waals surface area (Å²) in [7, 11) is 0. The molecular weight excluding hydrogens is 136 g/mol. The molecule has 54 valence electrons. The molecule has 0 aromatic carbocycles. The van der Waals surface area contributed by atoms with Crippen LogP contribution < -0.4 is 0 Å². The van der Waals surface area contributed by atoms with Gasteiger partial charge in [0, 0.05) is 12.5 Å². The van der Waals surface area contributed by atoms with Gasteiger partial charge in [0.15, 0.2) is 0 Å². The minimum Gasteiger partial charge on any atom is -0.377 e. The van der Waals surface area contributed by atoms with E-state index in [1.807, 2.05) is 0 Å². The van der Waals surface area contributed by atoms with Crippen molar-refractivity contribution in [3.8, 4) is 0 Å². The average Bonchev–Trinajstić information content (AvgIpc) is 2.13. The maximum atomic E-state index is 5.63. The van der Waals surface area contributed by atoms with Crippen molar-refractivity contribution in [3.05, 3.63) is 0 Å². The SMILES string of the molecule is ClCC1CCCCCO1. The molecule has 0 aromatic heterocycles. The first-order valence-electron chi connectivity index (χ1n) is 3.61. The van der Waals surface area contributed by atoms with Crippen LogP contribution in [0.15, 0.2) is 0 Å². The Morgan fingerprint density at radius 2 is 2.22 bits per heavy atom. The third-order valence-corrected chi connectivity index (χ3v) is 2.04. The predicted octanol–water partition coefficient (Wildman–Crippen LogP) is 2.18. The topological polar surface area (TPSA) is 9.23 Å². The summed E-state index contributed by atoms with van der Waals surface area (Å²) in [4.78, 5) is 0. The van der Waals surface area contributed by atoms with E-state index in [0.717, 1.165) is 13.0 Å². The van der Waals surface area contributed by atoms with Crippen molar-refractivity contribution in [1.29, 1.82) is 0 Å². The summed E-state index contributed by atoms with van der Waals surface area (Å²) in [5, 5.41) is 0. The van der Waals surface area contributed by atoms with Crippen molar-refractivity contribution >= 4 is 11.6 Å². The van der Waals surface area contributed by atoms with Crippen molar-refractivity contribution in [2.75, 3.05) is 12.5 Å². The van der Waals surface area contributed by atoms with Crippen molar-refractivity contribution in [1.82, 2.24) is 0 Å². The fraction of sp³-hybridized carbons (Fsp3) is 1.00. The molecule has 1 unspecified atom stereocenters. The molecule has 0 N–H and O–H groups in total. The normalized spacial score (nSPS) is 29.7. The summed E-state index contributed by atoms with van der Waals surface area (Å²) in [5.41, 5.74) is 0. The number of alkyl halides is 1. The van der Waals surface area contributed by atoms with Crippen LogP contribution >= 0.6 is 11.6 Å². The maximum Gasteiger partial charge on any atom is 0.0710 e. The molecule has 0 aromatic rings. The largest absolute Gasteiger partial charge is 0.377 e. The summed E-state index contributed by atoms with van der Waals surface area (Å²) in [6.45, 7) is 0.914. The lowest BCUT2D eigenvalue weighted by Gasteiger charge is -2.09. The molecule has 1 rings (SSSR count). The minimum atomic E-state index is 0.342. The Balaban J connectivity index is 2.18. The van der Waals surface area contributed by atoms with Gasteiger partial charge in [-0.1, -0.05) is 12.8 Å². The summed E-state index contributed by atoms with van der Waals surface area (Å²) < 4.78 is 5.42. The molecule has 1 saturated heterocycles. The van der Waals surface area contributed by atoms with Crippen molar-refractivity contribution in [2.45, 2.75) is 31.8 Å². The Morgan fingerprint density at radius 3 is 3.00 bits per heavy atom. The summed E-state index contributed by atoms with van der Waals surface area (Å²) in [6.07, 6.45) is 5.32. The van der Waals surface area contributed by atoms with Gasteiger partial charge in [0.2, 0.25) is 0 Å². The Labute approximate surface area is 61.3 Å². The molecule has 9 heavy (non-hydrogen) atoms. The number of hydrogen-bond donors (Lipinski definition) is 0. The van der Waals surface area contributed by atoms with Crippen LogP contribution in [0.4, 0.5) is 0 Å². The number of ether oxygens (including phenoxy) is 1. The van der Waals surface area contributed by atoms with Crippen LogP contribution in [0.2, 0.25) is 0 Å². The molecule has 1 atom stereocenters. The van der Waals surface area contributed by atoms with E-state index in [9.17, 15) is 0 Å². The lowest BCUT2D eigenvalue weighted by Crippen LogP contribution is -2.12. The highest BCUT2D eigenvalue weighted by Gasteiger charge is 2.09. The van der Waals surface area contributed by atoms with E-state index in [-0.39, 0.29) is 0 Å². The molecule has 0 saturated carbocycles.